The number of hydrogen-bond donors (Lipinski definition) is 0. The van der Waals surface area contributed by atoms with Gasteiger partial charge in [0.25, 0.3) is 0 Å². The first-order valence-electron chi connectivity index (χ1n) is 20.8. The molecule has 2 heteroatoms. The summed E-state index contributed by atoms with van der Waals surface area (Å²) >= 11 is 1.89. The van der Waals surface area contributed by atoms with Gasteiger partial charge in [-0.1, -0.05) is 177 Å². The summed E-state index contributed by atoms with van der Waals surface area (Å²) in [7, 11) is 0. The van der Waals surface area contributed by atoms with Crippen molar-refractivity contribution >= 4 is 70.1 Å². The zero-order valence-corrected chi connectivity index (χ0v) is 33.3. The number of anilines is 3. The SMILES string of the molecule is c1ccc(N(c2ccc(-c3ccc4ccccc4c3)cc2)c2ccccc2-c2cccc3cccc(C4CCCCC4)c23)c(-c2cccc3c2sc2ccccc23)c1. The zero-order valence-electron chi connectivity index (χ0n) is 32.4. The lowest BCUT2D eigenvalue weighted by Gasteiger charge is -2.31. The normalized spacial score (nSPS) is 13.4. The van der Waals surface area contributed by atoms with Crippen LogP contribution >= 0.6 is 11.3 Å². The Hall–Kier alpha value is -6.48. The predicted molar refractivity (Wildman–Crippen MR) is 251 cm³/mol. The van der Waals surface area contributed by atoms with Crippen molar-refractivity contribution in [3.63, 3.8) is 0 Å². The number of benzene rings is 9. The summed E-state index contributed by atoms with van der Waals surface area (Å²) < 4.78 is 2.64. The van der Waals surface area contributed by atoms with Crippen LogP contribution in [0.15, 0.2) is 194 Å². The molecule has 1 saturated carbocycles. The first kappa shape index (κ1) is 34.7. The highest BCUT2D eigenvalue weighted by atomic mass is 32.1. The number of thiophene rings is 1. The number of hydrogen-bond acceptors (Lipinski definition) is 2. The van der Waals surface area contributed by atoms with E-state index in [-0.39, 0.29) is 0 Å². The van der Waals surface area contributed by atoms with Gasteiger partial charge in [0.1, 0.15) is 0 Å². The first-order chi connectivity index (χ1) is 28.8. The lowest BCUT2D eigenvalue weighted by Crippen LogP contribution is -2.12. The molecule has 1 aliphatic carbocycles. The standard InChI is InChI=1S/C56H43NS/c1-2-16-40(17-3-1)45-24-12-19-41-20-13-25-49(55(41)45)46-21-6-9-28-52(46)57(44-35-33-39(34-36-44)43-32-31-38-15-4-5-18-42(38)37-43)53-29-10-7-22-47(53)50-26-14-27-51-48-23-8-11-30-54(48)58-56(50)51/h4-15,18-37,40H,1-3,16-17H2. The topological polar surface area (TPSA) is 3.24 Å². The molecule has 0 radical (unpaired) electrons. The fourth-order valence-electron chi connectivity index (χ4n) is 9.68. The highest BCUT2D eigenvalue weighted by Gasteiger charge is 2.25. The zero-order chi connectivity index (χ0) is 38.4. The van der Waals surface area contributed by atoms with E-state index in [1.807, 2.05) is 11.3 Å². The number of para-hydroxylation sites is 2. The number of fused-ring (bicyclic) bond motifs is 5. The quantitative estimate of drug-likeness (QED) is 0.156. The number of rotatable bonds is 7. The molecule has 1 aliphatic rings. The molecule has 1 aromatic heterocycles. The molecule has 0 spiro atoms. The maximum absolute atomic E-state index is 2.52. The Morgan fingerprint density at radius 3 is 1.81 bits per heavy atom. The van der Waals surface area contributed by atoms with Crippen molar-refractivity contribution in [2.75, 3.05) is 4.90 Å². The smallest absolute Gasteiger partial charge is 0.0540 e. The Labute approximate surface area is 344 Å². The summed E-state index contributed by atoms with van der Waals surface area (Å²) in [5, 5.41) is 7.86. The van der Waals surface area contributed by atoms with Crippen LogP contribution in [0.4, 0.5) is 17.1 Å². The summed E-state index contributed by atoms with van der Waals surface area (Å²) in [6, 6.07) is 72.3. The molecular weight excluding hydrogens is 719 g/mol. The van der Waals surface area contributed by atoms with Gasteiger partial charge in [0, 0.05) is 42.6 Å². The van der Waals surface area contributed by atoms with Crippen LogP contribution in [0.1, 0.15) is 43.6 Å². The van der Waals surface area contributed by atoms with Gasteiger partial charge in [-0.2, -0.15) is 0 Å². The van der Waals surface area contributed by atoms with E-state index in [0.717, 1.165) is 11.4 Å². The van der Waals surface area contributed by atoms with Gasteiger partial charge < -0.3 is 4.90 Å². The average Bonchev–Trinajstić information content (AvgIpc) is 3.69. The third kappa shape index (κ3) is 6.08. The van der Waals surface area contributed by atoms with Crippen molar-refractivity contribution in [2.45, 2.75) is 38.0 Å². The Morgan fingerprint density at radius 2 is 1.00 bits per heavy atom. The monoisotopic (exact) mass is 761 g/mol. The Morgan fingerprint density at radius 1 is 0.414 bits per heavy atom. The van der Waals surface area contributed by atoms with Crippen molar-refractivity contribution in [1.82, 2.24) is 0 Å². The molecule has 58 heavy (non-hydrogen) atoms. The highest BCUT2D eigenvalue weighted by Crippen LogP contribution is 2.49. The first-order valence-corrected chi connectivity index (χ1v) is 21.6. The van der Waals surface area contributed by atoms with Gasteiger partial charge in [-0.05, 0) is 99.0 Å². The largest absolute Gasteiger partial charge is 0.309 e. The molecule has 0 saturated heterocycles. The average molecular weight is 762 g/mol. The van der Waals surface area contributed by atoms with Gasteiger partial charge in [0.05, 0.1) is 11.4 Å². The van der Waals surface area contributed by atoms with Gasteiger partial charge in [0.2, 0.25) is 0 Å². The summed E-state index contributed by atoms with van der Waals surface area (Å²) in [4.78, 5) is 2.52. The lowest BCUT2D eigenvalue weighted by molar-refractivity contribution is 0.445. The summed E-state index contributed by atoms with van der Waals surface area (Å²) in [5.41, 5.74) is 12.4. The van der Waals surface area contributed by atoms with E-state index in [4.69, 9.17) is 0 Å². The maximum atomic E-state index is 2.52. The predicted octanol–water partition coefficient (Wildman–Crippen LogP) is 16.9. The van der Waals surface area contributed by atoms with Crippen molar-refractivity contribution < 1.29 is 0 Å². The van der Waals surface area contributed by atoms with Gasteiger partial charge in [-0.15, -0.1) is 11.3 Å². The van der Waals surface area contributed by atoms with Gasteiger partial charge in [-0.3, -0.25) is 0 Å². The molecule has 10 aromatic rings. The minimum absolute atomic E-state index is 0.590. The van der Waals surface area contributed by atoms with Crippen molar-refractivity contribution in [3.05, 3.63) is 200 Å². The summed E-state index contributed by atoms with van der Waals surface area (Å²) in [5.74, 6) is 0.590. The third-order valence-electron chi connectivity index (χ3n) is 12.5. The maximum Gasteiger partial charge on any atom is 0.0540 e. The van der Waals surface area contributed by atoms with E-state index >= 15 is 0 Å². The second kappa shape index (κ2) is 14.8. The van der Waals surface area contributed by atoms with Crippen LogP contribution in [0.2, 0.25) is 0 Å². The van der Waals surface area contributed by atoms with Crippen molar-refractivity contribution in [1.29, 1.82) is 0 Å². The minimum Gasteiger partial charge on any atom is -0.309 e. The summed E-state index contributed by atoms with van der Waals surface area (Å²) in [6.07, 6.45) is 6.50. The molecule has 0 aliphatic heterocycles. The van der Waals surface area contributed by atoms with Gasteiger partial charge >= 0.3 is 0 Å². The van der Waals surface area contributed by atoms with Crippen LogP contribution in [-0.2, 0) is 0 Å². The van der Waals surface area contributed by atoms with E-state index in [1.54, 1.807) is 0 Å². The van der Waals surface area contributed by atoms with E-state index < -0.39 is 0 Å². The van der Waals surface area contributed by atoms with E-state index in [9.17, 15) is 0 Å². The van der Waals surface area contributed by atoms with Crippen LogP contribution in [-0.4, -0.2) is 0 Å². The second-order valence-electron chi connectivity index (χ2n) is 15.8. The molecule has 1 nitrogen and oxygen atoms in total. The van der Waals surface area contributed by atoms with Crippen LogP contribution < -0.4 is 4.90 Å². The molecule has 278 valence electrons. The molecule has 1 fully saturated rings. The second-order valence-corrected chi connectivity index (χ2v) is 16.9. The molecule has 11 rings (SSSR count). The molecular formula is C56H43NS. The van der Waals surface area contributed by atoms with E-state index in [0.29, 0.717) is 5.92 Å². The van der Waals surface area contributed by atoms with Crippen LogP contribution in [0.25, 0.3) is 75.1 Å². The fourth-order valence-corrected chi connectivity index (χ4v) is 10.9. The van der Waals surface area contributed by atoms with E-state index in [2.05, 4.69) is 199 Å². The molecule has 0 atom stereocenters. The number of nitrogens with zero attached hydrogens (tertiary/aromatic N) is 1. The Bertz CT molecular complexity index is 3100. The molecule has 0 unspecified atom stereocenters. The van der Waals surface area contributed by atoms with Gasteiger partial charge in [-0.25, -0.2) is 0 Å². The van der Waals surface area contributed by atoms with Crippen LogP contribution in [0.5, 0.6) is 0 Å². The molecule has 9 aromatic carbocycles. The minimum atomic E-state index is 0.590. The molecule has 0 amide bonds. The summed E-state index contributed by atoms with van der Waals surface area (Å²) in [6.45, 7) is 0. The Kier molecular flexibility index (Phi) is 8.86. The fraction of sp³-hybridized carbons (Fsp3) is 0.107. The van der Waals surface area contributed by atoms with E-state index in [1.165, 1.54) is 118 Å². The van der Waals surface area contributed by atoms with Crippen molar-refractivity contribution in [3.8, 4) is 33.4 Å². The van der Waals surface area contributed by atoms with Crippen molar-refractivity contribution in [2.24, 2.45) is 0 Å². The molecule has 1 heterocycles. The highest BCUT2D eigenvalue weighted by molar-refractivity contribution is 7.26. The molecule has 0 N–H and O–H groups in total. The van der Waals surface area contributed by atoms with Gasteiger partial charge in [0.15, 0.2) is 0 Å². The Balaban J connectivity index is 1.13. The lowest BCUT2D eigenvalue weighted by atomic mass is 9.80. The van der Waals surface area contributed by atoms with Crippen LogP contribution in [0, 0.1) is 0 Å². The third-order valence-corrected chi connectivity index (χ3v) is 13.7. The molecule has 0 bridgehead atoms. The van der Waals surface area contributed by atoms with Crippen LogP contribution in [0.3, 0.4) is 0 Å².